The standard InChI is InChI=1S/C12H14N6S/c1-7-16-10-4-9(8(13)3-11(10)19-7)14-5-12-15-6-18(2)17-12/h3-4,6,14H,5,13H2,1-2H3. The zero-order valence-corrected chi connectivity index (χ0v) is 11.5. The van der Waals surface area contributed by atoms with E-state index in [0.717, 1.165) is 26.7 Å². The second-order valence-electron chi connectivity index (χ2n) is 4.33. The summed E-state index contributed by atoms with van der Waals surface area (Å²) in [5.74, 6) is 0.733. The molecule has 1 aromatic carbocycles. The highest BCUT2D eigenvalue weighted by atomic mass is 32.1. The summed E-state index contributed by atoms with van der Waals surface area (Å²) >= 11 is 1.65. The van der Waals surface area contributed by atoms with E-state index >= 15 is 0 Å². The van der Waals surface area contributed by atoms with Gasteiger partial charge in [-0.25, -0.2) is 9.97 Å². The van der Waals surface area contributed by atoms with Gasteiger partial charge in [-0.2, -0.15) is 5.10 Å². The van der Waals surface area contributed by atoms with Crippen molar-refractivity contribution in [2.75, 3.05) is 11.1 Å². The Morgan fingerprint density at radius 2 is 2.26 bits per heavy atom. The van der Waals surface area contributed by atoms with Crippen LogP contribution in [-0.4, -0.2) is 19.7 Å². The van der Waals surface area contributed by atoms with E-state index < -0.39 is 0 Å². The first kappa shape index (κ1) is 11.9. The van der Waals surface area contributed by atoms with Crippen LogP contribution in [0.1, 0.15) is 10.8 Å². The molecular weight excluding hydrogens is 260 g/mol. The van der Waals surface area contributed by atoms with Crippen LogP contribution < -0.4 is 11.1 Å². The number of aromatic nitrogens is 4. The number of anilines is 2. The van der Waals surface area contributed by atoms with Crippen molar-refractivity contribution in [3.8, 4) is 0 Å². The normalized spacial score (nSPS) is 11.1. The van der Waals surface area contributed by atoms with Crippen molar-refractivity contribution in [1.82, 2.24) is 19.7 Å². The molecular formula is C12H14N6S. The van der Waals surface area contributed by atoms with Gasteiger partial charge in [0.2, 0.25) is 0 Å². The molecule has 2 heterocycles. The Morgan fingerprint density at radius 3 is 3.00 bits per heavy atom. The van der Waals surface area contributed by atoms with E-state index in [1.165, 1.54) is 0 Å². The highest BCUT2D eigenvalue weighted by Gasteiger charge is 2.07. The summed E-state index contributed by atoms with van der Waals surface area (Å²) in [7, 11) is 1.84. The predicted octanol–water partition coefficient (Wildman–Crippen LogP) is 1.93. The second kappa shape index (κ2) is 4.51. The van der Waals surface area contributed by atoms with Gasteiger partial charge in [0.25, 0.3) is 0 Å². The molecule has 0 amide bonds. The first-order chi connectivity index (χ1) is 9.11. The maximum atomic E-state index is 6.04. The van der Waals surface area contributed by atoms with Gasteiger partial charge in [0.05, 0.1) is 33.1 Å². The monoisotopic (exact) mass is 274 g/mol. The fraction of sp³-hybridized carbons (Fsp3) is 0.250. The summed E-state index contributed by atoms with van der Waals surface area (Å²) in [6.07, 6.45) is 1.67. The molecule has 0 unspecified atom stereocenters. The maximum Gasteiger partial charge on any atom is 0.169 e. The number of rotatable bonds is 3. The van der Waals surface area contributed by atoms with Gasteiger partial charge in [-0.1, -0.05) is 0 Å². The van der Waals surface area contributed by atoms with Crippen molar-refractivity contribution in [1.29, 1.82) is 0 Å². The van der Waals surface area contributed by atoms with Gasteiger partial charge in [0.1, 0.15) is 6.33 Å². The van der Waals surface area contributed by atoms with Crippen LogP contribution in [0.5, 0.6) is 0 Å². The lowest BCUT2D eigenvalue weighted by atomic mass is 10.2. The van der Waals surface area contributed by atoms with Crippen LogP contribution in [0.4, 0.5) is 11.4 Å². The number of thiazole rings is 1. The average Bonchev–Trinajstić information content (AvgIpc) is 2.91. The van der Waals surface area contributed by atoms with Crippen molar-refractivity contribution in [2.45, 2.75) is 13.5 Å². The van der Waals surface area contributed by atoms with Gasteiger partial charge in [-0.05, 0) is 19.1 Å². The molecule has 0 fully saturated rings. The van der Waals surface area contributed by atoms with Crippen LogP contribution in [0.3, 0.4) is 0 Å². The second-order valence-corrected chi connectivity index (χ2v) is 5.56. The van der Waals surface area contributed by atoms with Crippen molar-refractivity contribution >= 4 is 32.9 Å². The lowest BCUT2D eigenvalue weighted by Crippen LogP contribution is -2.04. The molecule has 0 aliphatic heterocycles. The molecule has 0 saturated heterocycles. The number of nitrogens with zero attached hydrogens (tertiary/aromatic N) is 4. The molecule has 98 valence electrons. The highest BCUT2D eigenvalue weighted by Crippen LogP contribution is 2.29. The lowest BCUT2D eigenvalue weighted by Gasteiger charge is -2.07. The number of nitrogen functional groups attached to an aromatic ring is 1. The van der Waals surface area contributed by atoms with Crippen molar-refractivity contribution in [3.63, 3.8) is 0 Å². The van der Waals surface area contributed by atoms with Crippen molar-refractivity contribution < 1.29 is 0 Å². The third-order valence-corrected chi connectivity index (χ3v) is 3.68. The van der Waals surface area contributed by atoms with Gasteiger partial charge in [-0.15, -0.1) is 11.3 Å². The Hall–Kier alpha value is -2.15. The van der Waals surface area contributed by atoms with Crippen LogP contribution in [0.2, 0.25) is 0 Å². The molecule has 2 aromatic heterocycles. The molecule has 6 nitrogen and oxygen atoms in total. The molecule has 0 spiro atoms. The van der Waals surface area contributed by atoms with E-state index in [0.29, 0.717) is 12.2 Å². The summed E-state index contributed by atoms with van der Waals surface area (Å²) in [6.45, 7) is 2.53. The number of fused-ring (bicyclic) bond motifs is 1. The maximum absolute atomic E-state index is 6.04. The molecule has 3 aromatic rings. The van der Waals surface area contributed by atoms with E-state index in [-0.39, 0.29) is 0 Å². The summed E-state index contributed by atoms with van der Waals surface area (Å²) < 4.78 is 2.78. The zero-order chi connectivity index (χ0) is 13.4. The van der Waals surface area contributed by atoms with E-state index in [1.54, 1.807) is 22.3 Å². The number of benzene rings is 1. The number of aryl methyl sites for hydroxylation is 2. The fourth-order valence-corrected chi connectivity index (χ4v) is 2.75. The van der Waals surface area contributed by atoms with Crippen LogP contribution in [0.15, 0.2) is 18.5 Å². The van der Waals surface area contributed by atoms with E-state index in [1.807, 2.05) is 26.1 Å². The molecule has 7 heteroatoms. The highest BCUT2D eigenvalue weighted by molar-refractivity contribution is 7.18. The van der Waals surface area contributed by atoms with Crippen LogP contribution in [0.25, 0.3) is 10.2 Å². The largest absolute Gasteiger partial charge is 0.397 e. The van der Waals surface area contributed by atoms with Crippen LogP contribution >= 0.6 is 11.3 Å². The molecule has 0 atom stereocenters. The molecule has 0 saturated carbocycles. The van der Waals surface area contributed by atoms with E-state index in [4.69, 9.17) is 5.73 Å². The third-order valence-electron chi connectivity index (χ3n) is 2.75. The smallest absolute Gasteiger partial charge is 0.169 e. The summed E-state index contributed by atoms with van der Waals surface area (Å²) in [5.41, 5.74) is 8.58. The number of nitrogens with two attached hydrogens (primary N) is 1. The summed E-state index contributed by atoms with van der Waals surface area (Å²) in [5, 5.41) is 8.50. The third kappa shape index (κ3) is 2.37. The molecule has 0 radical (unpaired) electrons. The van der Waals surface area contributed by atoms with E-state index in [9.17, 15) is 0 Å². The molecule has 3 N–H and O–H groups in total. The van der Waals surface area contributed by atoms with Gasteiger partial charge >= 0.3 is 0 Å². The zero-order valence-electron chi connectivity index (χ0n) is 10.7. The Bertz CT molecular complexity index is 729. The predicted molar refractivity (Wildman–Crippen MR) is 77.1 cm³/mol. The SMILES string of the molecule is Cc1nc2cc(NCc3ncn(C)n3)c(N)cc2s1. The van der Waals surface area contributed by atoms with Crippen LogP contribution in [-0.2, 0) is 13.6 Å². The van der Waals surface area contributed by atoms with Crippen molar-refractivity contribution in [3.05, 3.63) is 29.3 Å². The van der Waals surface area contributed by atoms with Gasteiger partial charge in [-0.3, -0.25) is 4.68 Å². The quantitative estimate of drug-likeness (QED) is 0.713. The minimum absolute atomic E-state index is 0.541. The molecule has 0 aliphatic carbocycles. The molecule has 19 heavy (non-hydrogen) atoms. The minimum atomic E-state index is 0.541. The summed E-state index contributed by atoms with van der Waals surface area (Å²) in [4.78, 5) is 8.62. The molecule has 0 bridgehead atoms. The summed E-state index contributed by atoms with van der Waals surface area (Å²) in [6, 6.07) is 3.92. The van der Waals surface area contributed by atoms with Gasteiger partial charge in [0, 0.05) is 7.05 Å². The fourth-order valence-electron chi connectivity index (χ4n) is 1.90. The van der Waals surface area contributed by atoms with Gasteiger partial charge in [0.15, 0.2) is 5.82 Å². The average molecular weight is 274 g/mol. The molecule has 0 aliphatic rings. The number of hydrogen-bond acceptors (Lipinski definition) is 6. The van der Waals surface area contributed by atoms with Gasteiger partial charge < -0.3 is 11.1 Å². The van der Waals surface area contributed by atoms with Crippen LogP contribution in [0, 0.1) is 6.92 Å². The molecule has 3 rings (SSSR count). The Morgan fingerprint density at radius 1 is 1.42 bits per heavy atom. The number of nitrogens with one attached hydrogen (secondary N) is 1. The van der Waals surface area contributed by atoms with E-state index in [2.05, 4.69) is 20.4 Å². The topological polar surface area (TPSA) is 81.7 Å². The number of hydrogen-bond donors (Lipinski definition) is 2. The Kier molecular flexibility index (Phi) is 2.83. The first-order valence-electron chi connectivity index (χ1n) is 5.87. The Labute approximate surface area is 114 Å². The first-order valence-corrected chi connectivity index (χ1v) is 6.68. The lowest BCUT2D eigenvalue weighted by molar-refractivity contribution is 0.747. The Balaban J connectivity index is 1.85. The van der Waals surface area contributed by atoms with Crippen molar-refractivity contribution in [2.24, 2.45) is 7.05 Å². The minimum Gasteiger partial charge on any atom is -0.397 e.